The lowest BCUT2D eigenvalue weighted by molar-refractivity contribution is -0.0521. The fraction of sp³-hybridized carbons (Fsp3) is 0.529. The summed E-state index contributed by atoms with van der Waals surface area (Å²) in [5, 5.41) is 2.48. The average molecular weight is 389 g/mol. The Morgan fingerprint density at radius 2 is 1.70 bits per heavy atom. The van der Waals surface area contributed by atoms with Gasteiger partial charge in [-0.15, -0.1) is 0 Å². The van der Waals surface area contributed by atoms with Gasteiger partial charge in [0.15, 0.2) is 11.6 Å². The average Bonchev–Trinajstić information content (AvgIpc) is 2.55. The Morgan fingerprint density at radius 3 is 2.22 bits per heavy atom. The molecule has 3 amide bonds. The van der Waals surface area contributed by atoms with Crippen molar-refractivity contribution in [2.24, 2.45) is 0 Å². The maximum atomic E-state index is 13.7. The predicted octanol–water partition coefficient (Wildman–Crippen LogP) is 3.51. The second-order valence-corrected chi connectivity index (χ2v) is 6.91. The first-order valence-corrected chi connectivity index (χ1v) is 8.33. The van der Waals surface area contributed by atoms with Gasteiger partial charge in [0, 0.05) is 37.9 Å². The summed E-state index contributed by atoms with van der Waals surface area (Å²) >= 11 is 0. The Bertz CT molecular complexity index is 686. The number of ether oxygens (including phenoxy) is 2. The van der Waals surface area contributed by atoms with E-state index in [0.717, 1.165) is 12.1 Å². The molecule has 1 fully saturated rings. The number of nitrogens with zero attached hydrogens (tertiary/aromatic N) is 2. The maximum Gasteiger partial charge on any atom is 0.410 e. The third kappa shape index (κ3) is 6.22. The van der Waals surface area contributed by atoms with E-state index in [0.29, 0.717) is 13.1 Å². The topological polar surface area (TPSA) is 71.1 Å². The van der Waals surface area contributed by atoms with Gasteiger partial charge in [0.25, 0.3) is 0 Å². The highest BCUT2D eigenvalue weighted by Gasteiger charge is 2.27. The van der Waals surface area contributed by atoms with Crippen molar-refractivity contribution in [3.05, 3.63) is 24.0 Å². The van der Waals surface area contributed by atoms with E-state index in [4.69, 9.17) is 4.74 Å². The summed E-state index contributed by atoms with van der Waals surface area (Å²) in [6, 6.07) is 2.68. The van der Waals surface area contributed by atoms with Crippen molar-refractivity contribution in [2.45, 2.75) is 33.0 Å². The first-order chi connectivity index (χ1) is 12.5. The molecule has 1 aliphatic heterocycles. The lowest BCUT2D eigenvalue weighted by Gasteiger charge is -2.35. The van der Waals surface area contributed by atoms with Crippen LogP contribution in [0, 0.1) is 5.82 Å². The van der Waals surface area contributed by atoms with Crippen molar-refractivity contribution in [1.29, 1.82) is 0 Å². The Kier molecular flexibility index (Phi) is 6.40. The minimum Gasteiger partial charge on any atom is -0.444 e. The van der Waals surface area contributed by atoms with E-state index in [1.807, 2.05) is 0 Å². The van der Waals surface area contributed by atoms with Crippen LogP contribution in [0.15, 0.2) is 18.2 Å². The van der Waals surface area contributed by atoms with E-state index in [-0.39, 0.29) is 18.8 Å². The lowest BCUT2D eigenvalue weighted by atomic mass is 10.2. The number of anilines is 1. The van der Waals surface area contributed by atoms with Crippen LogP contribution < -0.4 is 10.1 Å². The minimum absolute atomic E-state index is 0.105. The molecule has 0 atom stereocenters. The molecule has 0 spiro atoms. The largest absolute Gasteiger partial charge is 0.444 e. The summed E-state index contributed by atoms with van der Waals surface area (Å²) in [6.45, 7) is 3.33. The summed E-state index contributed by atoms with van der Waals surface area (Å²) in [5.41, 5.74) is -0.496. The van der Waals surface area contributed by atoms with Crippen LogP contribution in [0.5, 0.6) is 5.75 Å². The molecule has 0 bridgehead atoms. The molecule has 2 rings (SSSR count). The fourth-order valence-corrected chi connectivity index (χ4v) is 2.39. The number of benzene rings is 1. The summed E-state index contributed by atoms with van der Waals surface area (Å²) < 4.78 is 47.3. The summed E-state index contributed by atoms with van der Waals surface area (Å²) in [4.78, 5) is 27.2. The standard InChI is InChI=1S/C17H22F3N3O4/c1-17(2,3)27-16(25)23-8-6-22(7-9-23)15(24)21-11-4-5-13(12(18)10-11)26-14(19)20/h4-5,10,14H,6-9H2,1-3H3,(H,21,24). The van der Waals surface area contributed by atoms with Gasteiger partial charge in [-0.3, -0.25) is 0 Å². The van der Waals surface area contributed by atoms with Gasteiger partial charge in [-0.1, -0.05) is 0 Å². The van der Waals surface area contributed by atoms with E-state index in [9.17, 15) is 22.8 Å². The number of hydrogen-bond acceptors (Lipinski definition) is 4. The molecule has 1 aliphatic rings. The number of alkyl halides is 2. The van der Waals surface area contributed by atoms with Crippen LogP contribution in [-0.4, -0.2) is 60.3 Å². The lowest BCUT2D eigenvalue weighted by Crippen LogP contribution is -2.52. The molecule has 7 nitrogen and oxygen atoms in total. The number of halogens is 3. The van der Waals surface area contributed by atoms with Gasteiger partial charge in [-0.2, -0.15) is 8.78 Å². The summed E-state index contributed by atoms with van der Waals surface area (Å²) in [6.07, 6.45) is -0.445. The van der Waals surface area contributed by atoms with E-state index in [1.165, 1.54) is 15.9 Å². The van der Waals surface area contributed by atoms with E-state index < -0.39 is 35.9 Å². The monoisotopic (exact) mass is 389 g/mol. The van der Waals surface area contributed by atoms with Crippen LogP contribution in [0.3, 0.4) is 0 Å². The van der Waals surface area contributed by atoms with Crippen LogP contribution in [0.2, 0.25) is 0 Å². The molecule has 1 aromatic carbocycles. The molecule has 0 aliphatic carbocycles. The minimum atomic E-state index is -3.14. The molecular weight excluding hydrogens is 367 g/mol. The molecule has 10 heteroatoms. The SMILES string of the molecule is CC(C)(C)OC(=O)N1CCN(C(=O)Nc2ccc(OC(F)F)c(F)c2)CC1. The Morgan fingerprint density at radius 1 is 1.11 bits per heavy atom. The molecule has 0 saturated carbocycles. The molecule has 1 saturated heterocycles. The van der Waals surface area contributed by atoms with E-state index >= 15 is 0 Å². The van der Waals surface area contributed by atoms with E-state index in [2.05, 4.69) is 10.1 Å². The Hall–Kier alpha value is -2.65. The number of hydrogen-bond donors (Lipinski definition) is 1. The second-order valence-electron chi connectivity index (χ2n) is 6.91. The second kappa shape index (κ2) is 8.36. The third-order valence-electron chi connectivity index (χ3n) is 3.62. The van der Waals surface area contributed by atoms with Gasteiger partial charge < -0.3 is 24.6 Å². The quantitative estimate of drug-likeness (QED) is 0.859. The highest BCUT2D eigenvalue weighted by atomic mass is 19.3. The van der Waals surface area contributed by atoms with Crippen LogP contribution in [0.1, 0.15) is 20.8 Å². The zero-order valence-corrected chi connectivity index (χ0v) is 15.3. The van der Waals surface area contributed by atoms with Crippen LogP contribution in [0.25, 0.3) is 0 Å². The number of urea groups is 1. The highest BCUT2D eigenvalue weighted by Crippen LogP contribution is 2.23. The Labute approximate surface area is 155 Å². The number of rotatable bonds is 3. The number of piperazine rings is 1. The molecule has 1 aromatic rings. The summed E-state index contributed by atoms with van der Waals surface area (Å²) in [5.74, 6) is -1.61. The van der Waals surface area contributed by atoms with E-state index in [1.54, 1.807) is 20.8 Å². The van der Waals surface area contributed by atoms with Crippen LogP contribution in [0.4, 0.5) is 28.4 Å². The van der Waals surface area contributed by atoms with Crippen LogP contribution in [-0.2, 0) is 4.74 Å². The zero-order chi connectivity index (χ0) is 20.2. The zero-order valence-electron chi connectivity index (χ0n) is 15.3. The van der Waals surface area contributed by atoms with Crippen molar-refractivity contribution in [3.63, 3.8) is 0 Å². The molecule has 0 radical (unpaired) electrons. The van der Waals surface area contributed by atoms with Gasteiger partial charge in [-0.05, 0) is 32.9 Å². The molecular formula is C17H22F3N3O4. The molecule has 1 N–H and O–H groups in total. The Balaban J connectivity index is 1.87. The van der Waals surface area contributed by atoms with Gasteiger partial charge in [0.1, 0.15) is 5.60 Å². The molecule has 0 aromatic heterocycles. The summed E-state index contributed by atoms with van der Waals surface area (Å²) in [7, 11) is 0. The first-order valence-electron chi connectivity index (χ1n) is 8.33. The van der Waals surface area contributed by atoms with Crippen molar-refractivity contribution in [2.75, 3.05) is 31.5 Å². The van der Waals surface area contributed by atoms with Gasteiger partial charge in [0.2, 0.25) is 0 Å². The first kappa shape index (κ1) is 20.7. The fourth-order valence-electron chi connectivity index (χ4n) is 2.39. The number of carbonyl (C=O) groups excluding carboxylic acids is 2. The molecule has 0 unspecified atom stereocenters. The number of amides is 3. The molecule has 27 heavy (non-hydrogen) atoms. The smallest absolute Gasteiger partial charge is 0.410 e. The molecule has 1 heterocycles. The maximum absolute atomic E-state index is 13.7. The number of nitrogens with one attached hydrogen (secondary N) is 1. The van der Waals surface area contributed by atoms with Crippen molar-refractivity contribution in [3.8, 4) is 5.75 Å². The van der Waals surface area contributed by atoms with Gasteiger partial charge >= 0.3 is 18.7 Å². The predicted molar refractivity (Wildman–Crippen MR) is 91.4 cm³/mol. The van der Waals surface area contributed by atoms with Crippen molar-refractivity contribution < 1.29 is 32.2 Å². The van der Waals surface area contributed by atoms with Crippen LogP contribution >= 0.6 is 0 Å². The van der Waals surface area contributed by atoms with Crippen molar-refractivity contribution in [1.82, 2.24) is 9.80 Å². The molecule has 150 valence electrons. The van der Waals surface area contributed by atoms with Gasteiger partial charge in [-0.25, -0.2) is 14.0 Å². The number of carbonyl (C=O) groups is 2. The third-order valence-corrected chi connectivity index (χ3v) is 3.62. The normalized spacial score (nSPS) is 14.9. The van der Waals surface area contributed by atoms with Crippen molar-refractivity contribution >= 4 is 17.8 Å². The van der Waals surface area contributed by atoms with Gasteiger partial charge in [0.05, 0.1) is 0 Å². The highest BCUT2D eigenvalue weighted by molar-refractivity contribution is 5.89.